The van der Waals surface area contributed by atoms with E-state index in [0.29, 0.717) is 29.2 Å². The van der Waals surface area contributed by atoms with Crippen molar-refractivity contribution >= 4 is 5.97 Å². The van der Waals surface area contributed by atoms with Crippen molar-refractivity contribution in [2.24, 2.45) is 58.0 Å². The third kappa shape index (κ3) is 3.15. The second-order valence-corrected chi connectivity index (χ2v) is 11.6. The molecule has 0 amide bonds. The lowest BCUT2D eigenvalue weighted by molar-refractivity contribution is -0.139. The zero-order valence-corrected chi connectivity index (χ0v) is 18.5. The summed E-state index contributed by atoms with van der Waals surface area (Å²) in [5.74, 6) is 4.24. The molecular weight excluding hydrogens is 346 g/mol. The number of rotatable bonds is 5. The minimum Gasteiger partial charge on any atom is -0.481 e. The minimum atomic E-state index is -0.686. The molecule has 4 rings (SSSR count). The first-order valence-corrected chi connectivity index (χ1v) is 12.2. The summed E-state index contributed by atoms with van der Waals surface area (Å²) in [5.41, 5.74) is 7.05. The lowest BCUT2D eigenvalue weighted by Gasteiger charge is -2.61. The lowest BCUT2D eigenvalue weighted by atomic mass is 9.44. The molecule has 0 spiro atoms. The molecule has 28 heavy (non-hydrogen) atoms. The fourth-order valence-corrected chi connectivity index (χ4v) is 9.24. The van der Waals surface area contributed by atoms with E-state index < -0.39 is 5.97 Å². The van der Waals surface area contributed by atoms with E-state index in [2.05, 4.69) is 20.8 Å². The Morgan fingerprint density at radius 3 is 2.46 bits per heavy atom. The van der Waals surface area contributed by atoms with Gasteiger partial charge in [0.25, 0.3) is 0 Å². The molecule has 0 bridgehead atoms. The summed E-state index contributed by atoms with van der Waals surface area (Å²) in [7, 11) is 0. The molecule has 4 fully saturated rings. The Bertz CT molecular complexity index is 591. The van der Waals surface area contributed by atoms with Crippen LogP contribution in [0.25, 0.3) is 0 Å². The highest BCUT2D eigenvalue weighted by atomic mass is 16.4. The van der Waals surface area contributed by atoms with Gasteiger partial charge in [-0.05, 0) is 110 Å². The van der Waals surface area contributed by atoms with Crippen molar-refractivity contribution in [3.05, 3.63) is 0 Å². The minimum absolute atomic E-state index is 0.127. The molecule has 0 aromatic carbocycles. The smallest absolute Gasteiger partial charge is 0.303 e. The van der Waals surface area contributed by atoms with Gasteiger partial charge in [0.2, 0.25) is 0 Å². The van der Waals surface area contributed by atoms with Gasteiger partial charge in [0, 0.05) is 6.42 Å². The highest BCUT2D eigenvalue weighted by Crippen LogP contribution is 2.68. The van der Waals surface area contributed by atoms with E-state index in [4.69, 9.17) is 5.73 Å². The monoisotopic (exact) mass is 389 g/mol. The molecule has 0 aromatic heterocycles. The SMILES string of the molecule is C[C@H](C(CN)CC(=O)O)[C@H]1CC[C@H]2[C@@H]3CCC4CCCC[C@]4(C)[C@H]3CC[C@]12C. The fourth-order valence-electron chi connectivity index (χ4n) is 9.24. The third-order valence-electron chi connectivity index (χ3n) is 10.8. The molecule has 2 unspecified atom stereocenters. The van der Waals surface area contributed by atoms with Crippen molar-refractivity contribution in [1.29, 1.82) is 0 Å². The number of fused-ring (bicyclic) bond motifs is 5. The normalized spacial score (nSPS) is 47.5. The summed E-state index contributed by atoms with van der Waals surface area (Å²) in [6, 6.07) is 0. The van der Waals surface area contributed by atoms with Gasteiger partial charge in [-0.1, -0.05) is 33.6 Å². The van der Waals surface area contributed by atoms with Gasteiger partial charge in [-0.15, -0.1) is 0 Å². The number of carboxylic acid groups (broad SMARTS) is 1. The van der Waals surface area contributed by atoms with E-state index in [1.165, 1.54) is 64.2 Å². The van der Waals surface area contributed by atoms with Crippen LogP contribution >= 0.6 is 0 Å². The second-order valence-electron chi connectivity index (χ2n) is 11.6. The summed E-state index contributed by atoms with van der Waals surface area (Å²) in [5, 5.41) is 9.34. The van der Waals surface area contributed by atoms with Gasteiger partial charge < -0.3 is 10.8 Å². The predicted molar refractivity (Wildman–Crippen MR) is 114 cm³/mol. The van der Waals surface area contributed by atoms with E-state index in [-0.39, 0.29) is 12.3 Å². The number of nitrogens with two attached hydrogens (primary N) is 1. The van der Waals surface area contributed by atoms with Gasteiger partial charge in [0.15, 0.2) is 0 Å². The van der Waals surface area contributed by atoms with Gasteiger partial charge in [0.05, 0.1) is 0 Å². The maximum absolute atomic E-state index is 11.4. The molecule has 0 aliphatic heterocycles. The average Bonchev–Trinajstić information content (AvgIpc) is 3.02. The van der Waals surface area contributed by atoms with E-state index in [1.54, 1.807) is 0 Å². The van der Waals surface area contributed by atoms with Gasteiger partial charge in [-0.3, -0.25) is 4.79 Å². The Kier molecular flexibility index (Phi) is 5.61. The first-order valence-electron chi connectivity index (χ1n) is 12.2. The maximum Gasteiger partial charge on any atom is 0.303 e. The summed E-state index contributed by atoms with van der Waals surface area (Å²) < 4.78 is 0. The zero-order chi connectivity index (χ0) is 20.1. The number of carboxylic acids is 1. The van der Waals surface area contributed by atoms with E-state index in [0.717, 1.165) is 23.7 Å². The highest BCUT2D eigenvalue weighted by molar-refractivity contribution is 5.67. The van der Waals surface area contributed by atoms with Crippen LogP contribution in [0.15, 0.2) is 0 Å². The molecule has 3 heteroatoms. The molecule has 160 valence electrons. The van der Waals surface area contributed by atoms with Crippen LogP contribution in [-0.2, 0) is 4.79 Å². The molecule has 0 aromatic rings. The molecule has 0 heterocycles. The van der Waals surface area contributed by atoms with E-state index >= 15 is 0 Å². The Morgan fingerprint density at radius 2 is 1.75 bits per heavy atom. The van der Waals surface area contributed by atoms with Gasteiger partial charge in [-0.25, -0.2) is 0 Å². The highest BCUT2D eigenvalue weighted by Gasteiger charge is 2.60. The summed E-state index contributed by atoms with van der Waals surface area (Å²) >= 11 is 0. The Hall–Kier alpha value is -0.570. The summed E-state index contributed by atoms with van der Waals surface area (Å²) in [6.45, 7) is 8.05. The summed E-state index contributed by atoms with van der Waals surface area (Å²) in [4.78, 5) is 11.4. The molecule has 9 atom stereocenters. The van der Waals surface area contributed by atoms with Crippen molar-refractivity contribution in [3.63, 3.8) is 0 Å². The Morgan fingerprint density at radius 1 is 1.00 bits per heavy atom. The van der Waals surface area contributed by atoms with E-state index in [1.807, 2.05) is 0 Å². The van der Waals surface area contributed by atoms with Crippen LogP contribution in [0.3, 0.4) is 0 Å². The van der Waals surface area contributed by atoms with Crippen molar-refractivity contribution < 1.29 is 9.90 Å². The number of carbonyl (C=O) groups is 1. The van der Waals surface area contributed by atoms with Crippen molar-refractivity contribution in [1.82, 2.24) is 0 Å². The Balaban J connectivity index is 1.54. The standard InChI is InChI=1S/C25H43NO2/c1-16(17(15-26)14-23(27)28)20-9-10-21-19-8-7-18-6-4-5-12-24(18,2)22(19)11-13-25(20,21)3/h16-22H,4-15,26H2,1-3H3,(H,27,28)/t16-,17?,18?,19+,20-,21+,22+,24+,25-/m1/s1. The van der Waals surface area contributed by atoms with Crippen LogP contribution in [-0.4, -0.2) is 17.6 Å². The summed E-state index contributed by atoms with van der Waals surface area (Å²) in [6.07, 6.45) is 14.5. The quantitative estimate of drug-likeness (QED) is 0.632. The number of aliphatic carboxylic acids is 1. The first kappa shape index (κ1) is 20.7. The predicted octanol–water partition coefficient (Wildman–Crippen LogP) is 5.72. The topological polar surface area (TPSA) is 63.3 Å². The first-order chi connectivity index (χ1) is 13.3. The number of hydrogen-bond donors (Lipinski definition) is 2. The van der Waals surface area contributed by atoms with E-state index in [9.17, 15) is 9.90 Å². The molecule has 3 nitrogen and oxygen atoms in total. The molecular formula is C25H43NO2. The number of hydrogen-bond acceptors (Lipinski definition) is 2. The van der Waals surface area contributed by atoms with Gasteiger partial charge in [0.1, 0.15) is 0 Å². The van der Waals surface area contributed by atoms with Crippen LogP contribution in [0.2, 0.25) is 0 Å². The molecule has 3 N–H and O–H groups in total. The van der Waals surface area contributed by atoms with Crippen LogP contribution < -0.4 is 5.73 Å². The molecule has 0 saturated heterocycles. The van der Waals surface area contributed by atoms with Crippen LogP contribution in [0.1, 0.15) is 91.4 Å². The van der Waals surface area contributed by atoms with Crippen LogP contribution in [0, 0.1) is 52.3 Å². The molecule has 4 aliphatic rings. The van der Waals surface area contributed by atoms with Gasteiger partial charge >= 0.3 is 5.97 Å². The second kappa shape index (κ2) is 7.60. The van der Waals surface area contributed by atoms with Gasteiger partial charge in [-0.2, -0.15) is 0 Å². The Labute approximate surface area is 172 Å². The fraction of sp³-hybridized carbons (Fsp3) is 0.960. The molecule has 0 radical (unpaired) electrons. The largest absolute Gasteiger partial charge is 0.481 e. The van der Waals surface area contributed by atoms with Crippen LogP contribution in [0.5, 0.6) is 0 Å². The molecule has 4 saturated carbocycles. The van der Waals surface area contributed by atoms with Crippen LogP contribution in [0.4, 0.5) is 0 Å². The molecule has 4 aliphatic carbocycles. The van der Waals surface area contributed by atoms with Crippen molar-refractivity contribution in [3.8, 4) is 0 Å². The van der Waals surface area contributed by atoms with Crippen molar-refractivity contribution in [2.75, 3.05) is 6.54 Å². The zero-order valence-electron chi connectivity index (χ0n) is 18.5. The maximum atomic E-state index is 11.4. The van der Waals surface area contributed by atoms with Crippen molar-refractivity contribution in [2.45, 2.75) is 91.4 Å². The average molecular weight is 390 g/mol. The lowest BCUT2D eigenvalue weighted by Crippen LogP contribution is -2.53. The third-order valence-corrected chi connectivity index (χ3v) is 10.8.